The van der Waals surface area contributed by atoms with E-state index in [1.807, 2.05) is 44.2 Å². The van der Waals surface area contributed by atoms with Gasteiger partial charge in [-0.05, 0) is 57.0 Å². The van der Waals surface area contributed by atoms with Crippen molar-refractivity contribution in [2.45, 2.75) is 32.7 Å². The van der Waals surface area contributed by atoms with Gasteiger partial charge in [-0.15, -0.1) is 0 Å². The number of nitrogens with zero attached hydrogens (tertiary/aromatic N) is 1. The van der Waals surface area contributed by atoms with Crippen molar-refractivity contribution >= 4 is 17.6 Å². The van der Waals surface area contributed by atoms with Crippen LogP contribution in [0.25, 0.3) is 0 Å². The molecule has 0 aromatic heterocycles. The van der Waals surface area contributed by atoms with E-state index in [0.29, 0.717) is 56.2 Å². The maximum Gasteiger partial charge on any atom is 0.321 e. The molecule has 7 nitrogen and oxygen atoms in total. The second kappa shape index (κ2) is 10.5. The monoisotopic (exact) mass is 411 g/mol. The summed E-state index contributed by atoms with van der Waals surface area (Å²) >= 11 is 0. The number of urea groups is 1. The minimum atomic E-state index is -0.147. The van der Waals surface area contributed by atoms with Crippen LogP contribution in [0.3, 0.4) is 0 Å². The summed E-state index contributed by atoms with van der Waals surface area (Å²) in [4.78, 5) is 26.9. The second-order valence-corrected chi connectivity index (χ2v) is 7.06. The lowest BCUT2D eigenvalue weighted by atomic mass is 10.0. The third kappa shape index (κ3) is 5.65. The van der Waals surface area contributed by atoms with E-state index < -0.39 is 0 Å². The van der Waals surface area contributed by atoms with Crippen molar-refractivity contribution in [3.8, 4) is 11.5 Å². The lowest BCUT2D eigenvalue weighted by molar-refractivity contribution is 0.0918. The minimum absolute atomic E-state index is 0.0281. The molecule has 1 aliphatic rings. The van der Waals surface area contributed by atoms with Gasteiger partial charge in [0.2, 0.25) is 0 Å². The molecule has 1 fully saturated rings. The van der Waals surface area contributed by atoms with Gasteiger partial charge >= 0.3 is 6.03 Å². The molecule has 7 heteroatoms. The largest absolute Gasteiger partial charge is 0.490 e. The summed E-state index contributed by atoms with van der Waals surface area (Å²) in [6.45, 7) is 6.01. The summed E-state index contributed by atoms with van der Waals surface area (Å²) in [6, 6.07) is 14.5. The van der Waals surface area contributed by atoms with Gasteiger partial charge in [0.05, 0.1) is 13.2 Å². The number of carbonyl (C=O) groups excluding carboxylic acids is 2. The van der Waals surface area contributed by atoms with Crippen LogP contribution in [0.2, 0.25) is 0 Å². The molecule has 30 heavy (non-hydrogen) atoms. The number of hydrogen-bond donors (Lipinski definition) is 2. The number of nitrogens with one attached hydrogen (secondary N) is 2. The van der Waals surface area contributed by atoms with Gasteiger partial charge in [0, 0.05) is 30.4 Å². The van der Waals surface area contributed by atoms with Crippen LogP contribution in [0.15, 0.2) is 48.5 Å². The van der Waals surface area contributed by atoms with Crippen LogP contribution in [0.1, 0.15) is 37.0 Å². The first kappa shape index (κ1) is 21.5. The van der Waals surface area contributed by atoms with E-state index in [4.69, 9.17) is 9.47 Å². The number of hydrogen-bond acceptors (Lipinski definition) is 4. The molecule has 0 saturated carbocycles. The number of para-hydroxylation sites is 1. The minimum Gasteiger partial charge on any atom is -0.490 e. The molecule has 0 radical (unpaired) electrons. The molecule has 0 aliphatic carbocycles. The van der Waals surface area contributed by atoms with E-state index in [1.54, 1.807) is 23.1 Å². The topological polar surface area (TPSA) is 79.9 Å². The van der Waals surface area contributed by atoms with Gasteiger partial charge in [-0.3, -0.25) is 4.79 Å². The second-order valence-electron chi connectivity index (χ2n) is 7.06. The van der Waals surface area contributed by atoms with Crippen LogP contribution < -0.4 is 20.1 Å². The normalized spacial score (nSPS) is 14.1. The third-order valence-corrected chi connectivity index (χ3v) is 4.95. The maximum absolute atomic E-state index is 12.7. The summed E-state index contributed by atoms with van der Waals surface area (Å²) in [6.07, 6.45) is 1.42. The molecule has 160 valence electrons. The van der Waals surface area contributed by atoms with E-state index in [9.17, 15) is 9.59 Å². The standard InChI is InChI=1S/C23H29N3O4/c1-3-29-20-11-10-17(16-21(20)30-4-2)22(27)24-19-12-14-26(15-13-19)23(28)25-18-8-6-5-7-9-18/h5-11,16,19H,3-4,12-15H2,1-2H3,(H,24,27)(H,25,28). The average Bonchev–Trinajstić information content (AvgIpc) is 2.76. The third-order valence-electron chi connectivity index (χ3n) is 4.95. The van der Waals surface area contributed by atoms with Gasteiger partial charge in [-0.1, -0.05) is 18.2 Å². The van der Waals surface area contributed by atoms with Gasteiger partial charge in [0.15, 0.2) is 11.5 Å². The van der Waals surface area contributed by atoms with Crippen LogP contribution in [-0.2, 0) is 0 Å². The molecule has 3 rings (SSSR count). The van der Waals surface area contributed by atoms with E-state index >= 15 is 0 Å². The number of piperidine rings is 1. The van der Waals surface area contributed by atoms with E-state index in [1.165, 1.54) is 0 Å². The molecular weight excluding hydrogens is 382 g/mol. The molecular formula is C23H29N3O4. The first-order valence-corrected chi connectivity index (χ1v) is 10.4. The number of carbonyl (C=O) groups is 2. The van der Waals surface area contributed by atoms with E-state index in [2.05, 4.69) is 10.6 Å². The first-order valence-electron chi connectivity index (χ1n) is 10.4. The fraction of sp³-hybridized carbons (Fsp3) is 0.391. The van der Waals surface area contributed by atoms with Crippen LogP contribution in [-0.4, -0.2) is 49.2 Å². The highest BCUT2D eigenvalue weighted by Gasteiger charge is 2.24. The molecule has 1 aliphatic heterocycles. The van der Waals surface area contributed by atoms with Crippen LogP contribution in [0, 0.1) is 0 Å². The molecule has 3 amide bonds. The predicted octanol–water partition coefficient (Wildman–Crippen LogP) is 3.91. The average molecular weight is 412 g/mol. The zero-order valence-electron chi connectivity index (χ0n) is 17.5. The molecule has 1 heterocycles. The fourth-order valence-electron chi connectivity index (χ4n) is 3.41. The smallest absolute Gasteiger partial charge is 0.321 e. The van der Waals surface area contributed by atoms with Gasteiger partial charge < -0.3 is 25.0 Å². The highest BCUT2D eigenvalue weighted by Crippen LogP contribution is 2.28. The van der Waals surface area contributed by atoms with Gasteiger partial charge in [-0.25, -0.2) is 4.79 Å². The molecule has 0 bridgehead atoms. The lowest BCUT2D eigenvalue weighted by Crippen LogP contribution is -2.47. The molecule has 2 N–H and O–H groups in total. The van der Waals surface area contributed by atoms with Gasteiger partial charge in [-0.2, -0.15) is 0 Å². The molecule has 0 atom stereocenters. The van der Waals surface area contributed by atoms with Crippen molar-refractivity contribution in [1.29, 1.82) is 0 Å². The van der Waals surface area contributed by atoms with Gasteiger partial charge in [0.25, 0.3) is 5.91 Å². The Morgan fingerprint density at radius 1 is 0.967 bits per heavy atom. The van der Waals surface area contributed by atoms with Crippen molar-refractivity contribution < 1.29 is 19.1 Å². The Morgan fingerprint density at radius 2 is 1.63 bits per heavy atom. The zero-order chi connectivity index (χ0) is 21.3. The zero-order valence-corrected chi connectivity index (χ0v) is 17.5. The first-order chi connectivity index (χ1) is 14.6. The molecule has 2 aromatic carbocycles. The quantitative estimate of drug-likeness (QED) is 0.724. The Bertz CT molecular complexity index is 849. The lowest BCUT2D eigenvalue weighted by Gasteiger charge is -2.32. The number of ether oxygens (including phenoxy) is 2. The Morgan fingerprint density at radius 3 is 2.30 bits per heavy atom. The molecule has 0 spiro atoms. The van der Waals surface area contributed by atoms with Crippen LogP contribution >= 0.6 is 0 Å². The van der Waals surface area contributed by atoms with Crippen molar-refractivity contribution in [3.63, 3.8) is 0 Å². The number of anilines is 1. The van der Waals surface area contributed by atoms with Crippen molar-refractivity contribution in [2.75, 3.05) is 31.6 Å². The Balaban J connectivity index is 1.52. The Hall–Kier alpha value is -3.22. The predicted molar refractivity (Wildman–Crippen MR) is 116 cm³/mol. The molecule has 0 unspecified atom stereocenters. The van der Waals surface area contributed by atoms with Crippen LogP contribution in [0.5, 0.6) is 11.5 Å². The van der Waals surface area contributed by atoms with Crippen molar-refractivity contribution in [3.05, 3.63) is 54.1 Å². The summed E-state index contributed by atoms with van der Waals surface area (Å²) in [7, 11) is 0. The Kier molecular flexibility index (Phi) is 7.54. The summed E-state index contributed by atoms with van der Waals surface area (Å²) < 4.78 is 11.2. The number of benzene rings is 2. The SMILES string of the molecule is CCOc1ccc(C(=O)NC2CCN(C(=O)Nc3ccccc3)CC2)cc1OCC. The van der Waals surface area contributed by atoms with E-state index in [-0.39, 0.29) is 18.0 Å². The maximum atomic E-state index is 12.7. The number of rotatable bonds is 7. The highest BCUT2D eigenvalue weighted by atomic mass is 16.5. The van der Waals surface area contributed by atoms with Crippen molar-refractivity contribution in [2.24, 2.45) is 0 Å². The van der Waals surface area contributed by atoms with Crippen molar-refractivity contribution in [1.82, 2.24) is 10.2 Å². The summed E-state index contributed by atoms with van der Waals surface area (Å²) in [5, 5.41) is 5.97. The molecule has 2 aromatic rings. The number of likely N-dealkylation sites (tertiary alicyclic amines) is 1. The Labute approximate surface area is 177 Å². The molecule has 1 saturated heterocycles. The summed E-state index contributed by atoms with van der Waals surface area (Å²) in [5.41, 5.74) is 1.31. The number of amides is 3. The van der Waals surface area contributed by atoms with E-state index in [0.717, 1.165) is 5.69 Å². The summed E-state index contributed by atoms with van der Waals surface area (Å²) in [5.74, 6) is 1.05. The van der Waals surface area contributed by atoms with Gasteiger partial charge in [0.1, 0.15) is 0 Å². The fourth-order valence-corrected chi connectivity index (χ4v) is 3.41. The highest BCUT2D eigenvalue weighted by molar-refractivity contribution is 5.95. The van der Waals surface area contributed by atoms with Crippen LogP contribution in [0.4, 0.5) is 10.5 Å².